The lowest BCUT2D eigenvalue weighted by molar-refractivity contribution is 0.0595. The monoisotopic (exact) mass is 390 g/mol. The molecule has 0 atom stereocenters. The fourth-order valence-electron chi connectivity index (χ4n) is 2.75. The molecule has 0 fully saturated rings. The van der Waals surface area contributed by atoms with Gasteiger partial charge in [-0.1, -0.05) is 42.5 Å². The van der Waals surface area contributed by atoms with Gasteiger partial charge in [0.1, 0.15) is 17.9 Å². The predicted octanol–water partition coefficient (Wildman–Crippen LogP) is 5.00. The highest BCUT2D eigenvalue weighted by Crippen LogP contribution is 2.25. The average Bonchev–Trinajstić information content (AvgIpc) is 2.74. The molecule has 0 aliphatic rings. The van der Waals surface area contributed by atoms with Gasteiger partial charge in [0.25, 0.3) is 0 Å². The molecular formula is C23H22N2O4. The quantitative estimate of drug-likeness (QED) is 0.581. The molecule has 0 saturated heterocycles. The number of rotatable bonds is 6. The standard InChI is InChI=1S/C23H22N2O4/c1-16-8-6-7-9-17(16)15-29-21-13-12-19(14-20(21)22(26)28-2)25-23(27)24-18-10-4-3-5-11-18/h3-14H,15H2,1-2H3,(H2,24,25,27). The van der Waals surface area contributed by atoms with E-state index in [9.17, 15) is 9.59 Å². The summed E-state index contributed by atoms with van der Waals surface area (Å²) in [5.41, 5.74) is 3.47. The van der Waals surface area contributed by atoms with Gasteiger partial charge in [0, 0.05) is 11.4 Å². The van der Waals surface area contributed by atoms with Crippen molar-refractivity contribution in [3.8, 4) is 5.75 Å². The number of nitrogens with one attached hydrogen (secondary N) is 2. The van der Waals surface area contributed by atoms with E-state index >= 15 is 0 Å². The molecule has 0 spiro atoms. The number of ether oxygens (including phenoxy) is 2. The van der Waals surface area contributed by atoms with Crippen molar-refractivity contribution in [2.75, 3.05) is 17.7 Å². The average molecular weight is 390 g/mol. The number of aryl methyl sites for hydroxylation is 1. The molecule has 0 bridgehead atoms. The maximum absolute atomic E-state index is 12.2. The molecule has 0 saturated carbocycles. The van der Waals surface area contributed by atoms with E-state index in [-0.39, 0.29) is 5.56 Å². The van der Waals surface area contributed by atoms with Crippen molar-refractivity contribution in [3.63, 3.8) is 0 Å². The molecule has 29 heavy (non-hydrogen) atoms. The summed E-state index contributed by atoms with van der Waals surface area (Å²) in [6.45, 7) is 2.32. The van der Waals surface area contributed by atoms with Crippen LogP contribution in [0.15, 0.2) is 72.8 Å². The van der Waals surface area contributed by atoms with Crippen molar-refractivity contribution in [2.24, 2.45) is 0 Å². The number of benzene rings is 3. The second-order valence-electron chi connectivity index (χ2n) is 6.36. The van der Waals surface area contributed by atoms with Crippen LogP contribution in [0.5, 0.6) is 5.75 Å². The number of amides is 2. The SMILES string of the molecule is COC(=O)c1cc(NC(=O)Nc2ccccc2)ccc1OCc1ccccc1C. The van der Waals surface area contributed by atoms with Crippen LogP contribution in [-0.4, -0.2) is 19.1 Å². The summed E-state index contributed by atoms with van der Waals surface area (Å²) in [7, 11) is 1.30. The van der Waals surface area contributed by atoms with Gasteiger partial charge in [-0.15, -0.1) is 0 Å². The van der Waals surface area contributed by atoms with Gasteiger partial charge in [0.2, 0.25) is 0 Å². The molecule has 0 heterocycles. The Kier molecular flexibility index (Phi) is 6.47. The van der Waals surface area contributed by atoms with E-state index in [0.29, 0.717) is 23.7 Å². The summed E-state index contributed by atoms with van der Waals surface area (Å²) in [6.07, 6.45) is 0. The van der Waals surface area contributed by atoms with Crippen LogP contribution in [0, 0.1) is 6.92 Å². The fraction of sp³-hybridized carbons (Fsp3) is 0.130. The number of esters is 1. The number of urea groups is 1. The molecule has 2 amide bonds. The Morgan fingerprint density at radius 1 is 0.862 bits per heavy atom. The van der Waals surface area contributed by atoms with Crippen LogP contribution in [0.25, 0.3) is 0 Å². The van der Waals surface area contributed by atoms with Crippen LogP contribution in [-0.2, 0) is 11.3 Å². The summed E-state index contributed by atoms with van der Waals surface area (Å²) in [5, 5.41) is 5.43. The van der Waals surface area contributed by atoms with Crippen LogP contribution >= 0.6 is 0 Å². The Morgan fingerprint density at radius 2 is 1.55 bits per heavy atom. The van der Waals surface area contributed by atoms with E-state index in [0.717, 1.165) is 11.1 Å². The summed E-state index contributed by atoms with van der Waals surface area (Å²) in [4.78, 5) is 24.4. The molecule has 3 aromatic carbocycles. The Labute approximate surface area is 169 Å². The fourth-order valence-corrected chi connectivity index (χ4v) is 2.75. The van der Waals surface area contributed by atoms with Gasteiger partial charge in [-0.05, 0) is 48.4 Å². The summed E-state index contributed by atoms with van der Waals surface area (Å²) < 4.78 is 10.7. The smallest absolute Gasteiger partial charge is 0.341 e. The topological polar surface area (TPSA) is 76.7 Å². The second kappa shape index (κ2) is 9.41. The van der Waals surface area contributed by atoms with Crippen molar-refractivity contribution in [1.82, 2.24) is 0 Å². The minimum Gasteiger partial charge on any atom is -0.488 e. The molecule has 3 rings (SSSR count). The molecule has 3 aromatic rings. The first-order valence-corrected chi connectivity index (χ1v) is 9.09. The van der Waals surface area contributed by atoms with Crippen molar-refractivity contribution in [3.05, 3.63) is 89.5 Å². The maximum atomic E-state index is 12.2. The van der Waals surface area contributed by atoms with Gasteiger partial charge < -0.3 is 20.1 Å². The maximum Gasteiger partial charge on any atom is 0.341 e. The second-order valence-corrected chi connectivity index (χ2v) is 6.36. The number of hydrogen-bond acceptors (Lipinski definition) is 4. The molecule has 148 valence electrons. The number of anilines is 2. The van der Waals surface area contributed by atoms with Gasteiger partial charge >= 0.3 is 12.0 Å². The lowest BCUT2D eigenvalue weighted by Crippen LogP contribution is -2.19. The minimum absolute atomic E-state index is 0.235. The van der Waals surface area contributed by atoms with E-state index in [1.807, 2.05) is 49.4 Å². The zero-order valence-corrected chi connectivity index (χ0v) is 16.3. The normalized spacial score (nSPS) is 10.1. The number of methoxy groups -OCH3 is 1. The molecule has 0 aliphatic carbocycles. The zero-order valence-electron chi connectivity index (χ0n) is 16.3. The van der Waals surface area contributed by atoms with Gasteiger partial charge in [0.05, 0.1) is 7.11 Å². The van der Waals surface area contributed by atoms with E-state index in [4.69, 9.17) is 9.47 Å². The van der Waals surface area contributed by atoms with Crippen molar-refractivity contribution < 1.29 is 19.1 Å². The van der Waals surface area contributed by atoms with Crippen LogP contribution in [0.1, 0.15) is 21.5 Å². The number of carbonyl (C=O) groups excluding carboxylic acids is 2. The predicted molar refractivity (Wildman–Crippen MR) is 112 cm³/mol. The van der Waals surface area contributed by atoms with Crippen LogP contribution in [0.3, 0.4) is 0 Å². The van der Waals surface area contributed by atoms with Crippen LogP contribution < -0.4 is 15.4 Å². The molecule has 0 unspecified atom stereocenters. The van der Waals surface area contributed by atoms with Gasteiger partial charge in [-0.25, -0.2) is 9.59 Å². The number of carbonyl (C=O) groups is 2. The number of para-hydroxylation sites is 1. The summed E-state index contributed by atoms with van der Waals surface area (Å²) in [6, 6.07) is 21.4. The highest BCUT2D eigenvalue weighted by Gasteiger charge is 2.15. The van der Waals surface area contributed by atoms with Gasteiger partial charge in [-0.3, -0.25) is 0 Å². The van der Waals surface area contributed by atoms with Crippen molar-refractivity contribution >= 4 is 23.4 Å². The highest BCUT2D eigenvalue weighted by molar-refractivity contribution is 6.01. The van der Waals surface area contributed by atoms with E-state index in [2.05, 4.69) is 10.6 Å². The van der Waals surface area contributed by atoms with Crippen LogP contribution in [0.4, 0.5) is 16.2 Å². The summed E-state index contributed by atoms with van der Waals surface area (Å²) >= 11 is 0. The third-order valence-electron chi connectivity index (χ3n) is 4.32. The first-order chi connectivity index (χ1) is 14.1. The molecule has 0 aliphatic heterocycles. The van der Waals surface area contributed by atoms with Gasteiger partial charge in [-0.2, -0.15) is 0 Å². The molecule has 6 nitrogen and oxygen atoms in total. The first kappa shape index (κ1) is 19.9. The Bertz CT molecular complexity index is 1000. The largest absolute Gasteiger partial charge is 0.488 e. The Morgan fingerprint density at radius 3 is 2.28 bits per heavy atom. The van der Waals surface area contributed by atoms with Crippen molar-refractivity contribution in [1.29, 1.82) is 0 Å². The zero-order chi connectivity index (χ0) is 20.6. The highest BCUT2D eigenvalue weighted by atomic mass is 16.5. The molecule has 6 heteroatoms. The summed E-state index contributed by atoms with van der Waals surface area (Å²) in [5.74, 6) is -0.161. The minimum atomic E-state index is -0.545. The lowest BCUT2D eigenvalue weighted by atomic mass is 10.1. The lowest BCUT2D eigenvalue weighted by Gasteiger charge is -2.14. The number of hydrogen-bond donors (Lipinski definition) is 2. The van der Waals surface area contributed by atoms with E-state index < -0.39 is 12.0 Å². The van der Waals surface area contributed by atoms with Crippen LogP contribution in [0.2, 0.25) is 0 Å². The first-order valence-electron chi connectivity index (χ1n) is 9.09. The van der Waals surface area contributed by atoms with Gasteiger partial charge in [0.15, 0.2) is 0 Å². The Hall–Kier alpha value is -3.80. The third kappa shape index (κ3) is 5.35. The molecular weight excluding hydrogens is 368 g/mol. The molecule has 2 N–H and O–H groups in total. The molecule has 0 aromatic heterocycles. The molecule has 0 radical (unpaired) electrons. The third-order valence-corrected chi connectivity index (χ3v) is 4.32. The van der Waals surface area contributed by atoms with Crippen molar-refractivity contribution in [2.45, 2.75) is 13.5 Å². The van der Waals surface area contributed by atoms with E-state index in [1.54, 1.807) is 24.3 Å². The van der Waals surface area contributed by atoms with E-state index in [1.165, 1.54) is 13.2 Å². The Balaban J connectivity index is 1.74.